The van der Waals surface area contributed by atoms with Gasteiger partial charge in [-0.3, -0.25) is 20.0 Å². The lowest BCUT2D eigenvalue weighted by molar-refractivity contribution is 0.237. The first kappa shape index (κ1) is 24.3. The van der Waals surface area contributed by atoms with Crippen LogP contribution in [0, 0.1) is 3.57 Å². The van der Waals surface area contributed by atoms with Crippen LogP contribution in [0.2, 0.25) is 0 Å². The number of nitrogens with zero attached hydrogens (tertiary/aromatic N) is 4. The smallest absolute Gasteiger partial charge is 0.138 e. The van der Waals surface area contributed by atoms with E-state index in [1.165, 1.54) is 31.5 Å². The first-order valence-electron chi connectivity index (χ1n) is 13.2. The summed E-state index contributed by atoms with van der Waals surface area (Å²) >= 11 is 2.39. The molecule has 8 heteroatoms. The van der Waals surface area contributed by atoms with Crippen molar-refractivity contribution in [1.82, 2.24) is 30.0 Å². The lowest BCUT2D eigenvalue weighted by Gasteiger charge is -2.15. The number of aromatic amines is 2. The van der Waals surface area contributed by atoms with Crippen molar-refractivity contribution in [2.45, 2.75) is 12.8 Å². The molecule has 0 saturated carbocycles. The maximum atomic E-state index is 6.08. The van der Waals surface area contributed by atoms with Gasteiger partial charge in [-0.2, -0.15) is 5.10 Å². The lowest BCUT2D eigenvalue weighted by atomic mass is 10.0. The maximum Gasteiger partial charge on any atom is 0.138 e. The van der Waals surface area contributed by atoms with Gasteiger partial charge in [0.1, 0.15) is 18.1 Å². The Kier molecular flexibility index (Phi) is 6.49. The molecule has 5 heterocycles. The Balaban J connectivity index is 1.23. The van der Waals surface area contributed by atoms with Gasteiger partial charge in [0.2, 0.25) is 0 Å². The highest BCUT2D eigenvalue weighted by molar-refractivity contribution is 14.1. The molecule has 7 rings (SSSR count). The van der Waals surface area contributed by atoms with Crippen molar-refractivity contribution < 1.29 is 4.74 Å². The second-order valence-electron chi connectivity index (χ2n) is 9.94. The Hall–Kier alpha value is -3.76. The zero-order valence-corrected chi connectivity index (χ0v) is 23.5. The number of hydrogen-bond donors (Lipinski definition) is 2. The molecule has 0 amide bonds. The number of halogens is 1. The number of benzene rings is 2. The topological polar surface area (TPSA) is 82.7 Å². The summed E-state index contributed by atoms with van der Waals surface area (Å²) in [5.41, 5.74) is 8.38. The van der Waals surface area contributed by atoms with Crippen LogP contribution in [-0.4, -0.2) is 56.3 Å². The Morgan fingerprint density at radius 1 is 0.846 bits per heavy atom. The van der Waals surface area contributed by atoms with Crippen molar-refractivity contribution in [1.29, 1.82) is 0 Å². The number of hydrogen-bond acceptors (Lipinski definition) is 5. The third-order valence-corrected chi connectivity index (χ3v) is 8.35. The molecule has 7 nitrogen and oxygen atoms in total. The van der Waals surface area contributed by atoms with E-state index in [2.05, 4.69) is 90.0 Å². The highest BCUT2D eigenvalue weighted by Crippen LogP contribution is 2.37. The molecule has 194 valence electrons. The number of likely N-dealkylation sites (tertiary alicyclic amines) is 1. The molecule has 0 radical (unpaired) electrons. The van der Waals surface area contributed by atoms with Gasteiger partial charge in [0.05, 0.1) is 17.4 Å². The zero-order chi connectivity index (χ0) is 26.2. The van der Waals surface area contributed by atoms with Gasteiger partial charge in [-0.15, -0.1) is 0 Å². The number of aromatic nitrogens is 5. The summed E-state index contributed by atoms with van der Waals surface area (Å²) in [6.45, 7) is 3.98. The summed E-state index contributed by atoms with van der Waals surface area (Å²) in [6, 6.07) is 19.0. The summed E-state index contributed by atoms with van der Waals surface area (Å²) in [5.74, 6) is 0.800. The number of nitrogens with one attached hydrogen (secondary N) is 2. The Morgan fingerprint density at radius 3 is 2.59 bits per heavy atom. The second kappa shape index (κ2) is 10.4. The van der Waals surface area contributed by atoms with E-state index in [1.807, 2.05) is 30.7 Å². The molecule has 1 fully saturated rings. The van der Waals surface area contributed by atoms with Gasteiger partial charge < -0.3 is 9.72 Å². The van der Waals surface area contributed by atoms with Crippen LogP contribution in [0.25, 0.3) is 55.4 Å². The van der Waals surface area contributed by atoms with E-state index < -0.39 is 0 Å². The van der Waals surface area contributed by atoms with E-state index in [0.717, 1.165) is 65.7 Å². The van der Waals surface area contributed by atoms with E-state index in [4.69, 9.17) is 9.84 Å². The van der Waals surface area contributed by atoms with Gasteiger partial charge in [0, 0.05) is 50.6 Å². The predicted molar refractivity (Wildman–Crippen MR) is 164 cm³/mol. The molecule has 2 N–H and O–H groups in total. The number of rotatable bonds is 7. The highest BCUT2D eigenvalue weighted by Gasteiger charge is 2.17. The van der Waals surface area contributed by atoms with Crippen molar-refractivity contribution in [2.75, 3.05) is 26.2 Å². The van der Waals surface area contributed by atoms with Crippen molar-refractivity contribution >= 4 is 44.4 Å². The van der Waals surface area contributed by atoms with E-state index >= 15 is 0 Å². The van der Waals surface area contributed by atoms with Crippen LogP contribution < -0.4 is 4.74 Å². The molecular formula is C31H27IN6O. The van der Waals surface area contributed by atoms with Gasteiger partial charge in [0.15, 0.2) is 0 Å². The van der Waals surface area contributed by atoms with Gasteiger partial charge in [-0.25, -0.2) is 0 Å². The van der Waals surface area contributed by atoms with E-state index in [1.54, 1.807) is 6.20 Å². The van der Waals surface area contributed by atoms with Crippen molar-refractivity contribution in [2.24, 2.45) is 0 Å². The molecule has 0 aliphatic carbocycles. The minimum Gasteiger partial charge on any atom is -0.491 e. The van der Waals surface area contributed by atoms with Gasteiger partial charge in [-0.05, 0) is 108 Å². The van der Waals surface area contributed by atoms with Crippen LogP contribution >= 0.6 is 22.6 Å². The van der Waals surface area contributed by atoms with Crippen LogP contribution in [0.1, 0.15) is 12.8 Å². The Bertz CT molecular complexity index is 1770. The van der Waals surface area contributed by atoms with E-state index in [9.17, 15) is 0 Å². The van der Waals surface area contributed by atoms with Crippen molar-refractivity contribution in [3.05, 3.63) is 83.0 Å². The summed E-state index contributed by atoms with van der Waals surface area (Å²) in [7, 11) is 0. The highest BCUT2D eigenvalue weighted by atomic mass is 127. The summed E-state index contributed by atoms with van der Waals surface area (Å²) in [6.07, 6.45) is 9.94. The quantitative estimate of drug-likeness (QED) is 0.188. The molecule has 4 aromatic heterocycles. The monoisotopic (exact) mass is 626 g/mol. The molecule has 1 aliphatic heterocycles. The van der Waals surface area contributed by atoms with Gasteiger partial charge in [0.25, 0.3) is 0 Å². The SMILES string of the molecule is Ic1cc2[nH]nc(-c3cc4c(-c5ccncc5)cccc4[nH]3)c2cc1-c1cncc(OCCN2CCCC2)c1. The number of pyridine rings is 2. The van der Waals surface area contributed by atoms with Crippen LogP contribution in [0.4, 0.5) is 0 Å². The molecule has 2 aromatic carbocycles. The Labute approximate surface area is 239 Å². The Morgan fingerprint density at radius 2 is 1.72 bits per heavy atom. The predicted octanol–water partition coefficient (Wildman–Crippen LogP) is 6.91. The fourth-order valence-electron chi connectivity index (χ4n) is 5.47. The number of H-pyrrole nitrogens is 2. The molecule has 0 atom stereocenters. The molecule has 39 heavy (non-hydrogen) atoms. The van der Waals surface area contributed by atoms with Crippen molar-refractivity contribution in [3.63, 3.8) is 0 Å². The molecule has 1 aliphatic rings. The molecule has 0 unspecified atom stereocenters. The number of ether oxygens (including phenoxy) is 1. The lowest BCUT2D eigenvalue weighted by Crippen LogP contribution is -2.25. The fraction of sp³-hybridized carbons (Fsp3) is 0.194. The summed E-state index contributed by atoms with van der Waals surface area (Å²) < 4.78 is 7.21. The van der Waals surface area contributed by atoms with Crippen LogP contribution in [0.5, 0.6) is 5.75 Å². The minimum absolute atomic E-state index is 0.676. The third-order valence-electron chi connectivity index (χ3n) is 7.46. The first-order valence-corrected chi connectivity index (χ1v) is 14.3. The standard InChI is InChI=1S/C31H27IN6O/c32-27-17-29-26(15-24(27)21-14-22(19-34-18-21)39-13-12-38-10-1-2-11-38)31(37-36-29)30-16-25-23(4-3-5-28(25)35-30)20-6-8-33-9-7-20/h3-9,14-19,35H,1-2,10-13H2,(H,36,37). The van der Waals surface area contributed by atoms with E-state index in [0.29, 0.717) is 6.61 Å². The largest absolute Gasteiger partial charge is 0.491 e. The third kappa shape index (κ3) is 4.79. The fourth-order valence-corrected chi connectivity index (χ4v) is 6.25. The van der Waals surface area contributed by atoms with Gasteiger partial charge >= 0.3 is 0 Å². The minimum atomic E-state index is 0.676. The average molecular weight is 627 g/mol. The zero-order valence-electron chi connectivity index (χ0n) is 21.3. The molecule has 6 aromatic rings. The summed E-state index contributed by atoms with van der Waals surface area (Å²) in [5, 5.41) is 10.2. The number of fused-ring (bicyclic) bond motifs is 2. The van der Waals surface area contributed by atoms with Crippen molar-refractivity contribution in [3.8, 4) is 39.4 Å². The summed E-state index contributed by atoms with van der Waals surface area (Å²) in [4.78, 5) is 14.7. The molecule has 0 spiro atoms. The van der Waals surface area contributed by atoms with Gasteiger partial charge in [-0.1, -0.05) is 12.1 Å². The normalized spacial score (nSPS) is 14.0. The van der Waals surface area contributed by atoms with Crippen LogP contribution in [0.3, 0.4) is 0 Å². The van der Waals surface area contributed by atoms with E-state index in [-0.39, 0.29) is 0 Å². The maximum absolute atomic E-state index is 6.08. The van der Waals surface area contributed by atoms with Crippen LogP contribution in [0.15, 0.2) is 79.4 Å². The molecule has 1 saturated heterocycles. The van der Waals surface area contributed by atoms with Crippen LogP contribution in [-0.2, 0) is 0 Å². The first-order chi connectivity index (χ1) is 19.2. The molecular weight excluding hydrogens is 599 g/mol. The molecule has 0 bridgehead atoms. The average Bonchev–Trinajstić information content (AvgIpc) is 3.73. The second-order valence-corrected chi connectivity index (χ2v) is 11.1.